The van der Waals surface area contributed by atoms with Crippen LogP contribution in [0.15, 0.2) is 48.1 Å². The minimum atomic E-state index is -4.84. The van der Waals surface area contributed by atoms with Crippen LogP contribution in [-0.4, -0.2) is 62.2 Å². The first-order chi connectivity index (χ1) is 21.2. The van der Waals surface area contributed by atoms with Crippen LogP contribution in [0.3, 0.4) is 0 Å². The predicted molar refractivity (Wildman–Crippen MR) is 165 cm³/mol. The first kappa shape index (κ1) is 34.6. The molecule has 0 heterocycles. The van der Waals surface area contributed by atoms with Crippen LogP contribution in [0.2, 0.25) is 0 Å². The van der Waals surface area contributed by atoms with Crippen LogP contribution >= 0.6 is 7.82 Å². The van der Waals surface area contributed by atoms with Crippen LogP contribution < -0.4 is 4.52 Å². The number of rotatable bonds is 8. The highest BCUT2D eigenvalue weighted by Crippen LogP contribution is 2.70. The molecule has 3 saturated carbocycles. The molecule has 12 heteroatoms. The Bertz CT molecular complexity index is 1530. The minimum Gasteiger partial charge on any atom is -0.460 e. The monoisotopic (exact) mass is 662 g/mol. The summed E-state index contributed by atoms with van der Waals surface area (Å²) in [7, 11) is -4.84. The van der Waals surface area contributed by atoms with Gasteiger partial charge in [0, 0.05) is 16.7 Å². The van der Waals surface area contributed by atoms with Crippen molar-refractivity contribution >= 4 is 25.4 Å². The van der Waals surface area contributed by atoms with Crippen molar-refractivity contribution in [3.8, 4) is 5.75 Å². The Balaban J connectivity index is 1.28. The SMILES string of the molecule is C[C@@H]1C[C@H]2[C@@H]3CCC4=CC(=O)C=C[C@]4(C)[C@@]3(F)[C@@H](O)C[C@]2(C)[C@@]1(O)C(=O)COP(=O)(O)Oc1ccc(CC(=O)OC(C)(C)C)cc1. The highest BCUT2D eigenvalue weighted by atomic mass is 31.2. The third-order valence-electron chi connectivity index (χ3n) is 10.9. The van der Waals surface area contributed by atoms with Gasteiger partial charge in [-0.1, -0.05) is 37.6 Å². The molecule has 3 fully saturated rings. The molecule has 0 amide bonds. The number of aliphatic hydroxyl groups is 2. The smallest absolute Gasteiger partial charge is 0.460 e. The summed E-state index contributed by atoms with van der Waals surface area (Å²) >= 11 is 0. The highest BCUT2D eigenvalue weighted by molar-refractivity contribution is 7.47. The van der Waals surface area contributed by atoms with Crippen molar-refractivity contribution in [3.63, 3.8) is 0 Å². The van der Waals surface area contributed by atoms with Crippen molar-refractivity contribution in [2.75, 3.05) is 6.61 Å². The van der Waals surface area contributed by atoms with Gasteiger partial charge in [-0.05, 0) is 95.1 Å². The normalized spacial score (nSPS) is 38.1. The zero-order valence-corrected chi connectivity index (χ0v) is 28.0. The number of ketones is 2. The summed E-state index contributed by atoms with van der Waals surface area (Å²) in [5.74, 6) is -3.44. The number of benzene rings is 1. The van der Waals surface area contributed by atoms with Gasteiger partial charge in [0.05, 0.1) is 12.5 Å². The van der Waals surface area contributed by atoms with E-state index in [1.165, 1.54) is 36.4 Å². The van der Waals surface area contributed by atoms with Gasteiger partial charge in [-0.3, -0.25) is 23.8 Å². The molecule has 0 radical (unpaired) electrons. The fourth-order valence-electron chi connectivity index (χ4n) is 8.76. The summed E-state index contributed by atoms with van der Waals surface area (Å²) in [4.78, 5) is 48.3. The average molecular weight is 663 g/mol. The fourth-order valence-corrected chi connectivity index (χ4v) is 9.48. The number of esters is 1. The Morgan fingerprint density at radius 3 is 2.41 bits per heavy atom. The van der Waals surface area contributed by atoms with Crippen molar-refractivity contribution in [2.24, 2.45) is 28.6 Å². The third-order valence-corrected chi connectivity index (χ3v) is 11.8. The van der Waals surface area contributed by atoms with Gasteiger partial charge in [0.2, 0.25) is 0 Å². The molecular weight excluding hydrogens is 618 g/mol. The van der Waals surface area contributed by atoms with Crippen molar-refractivity contribution in [1.82, 2.24) is 0 Å². The molecule has 46 heavy (non-hydrogen) atoms. The van der Waals surface area contributed by atoms with E-state index in [1.54, 1.807) is 47.6 Å². The molecule has 4 aliphatic rings. The number of aliphatic hydroxyl groups excluding tert-OH is 1. The van der Waals surface area contributed by atoms with E-state index in [-0.39, 0.29) is 24.4 Å². The van der Waals surface area contributed by atoms with Crippen LogP contribution in [0, 0.1) is 28.6 Å². The number of Topliss-reactive ketones (excluding diaryl/α,β-unsaturated/α-hetero) is 1. The first-order valence-corrected chi connectivity index (χ1v) is 17.2. The lowest BCUT2D eigenvalue weighted by Gasteiger charge is -2.62. The van der Waals surface area contributed by atoms with Crippen molar-refractivity contribution in [3.05, 3.63) is 53.6 Å². The fraction of sp³-hybridized carbons (Fsp3) is 0.618. The summed E-state index contributed by atoms with van der Waals surface area (Å²) in [5, 5.41) is 23.6. The summed E-state index contributed by atoms with van der Waals surface area (Å²) in [5.41, 5.74) is -6.11. The molecule has 10 nitrogen and oxygen atoms in total. The average Bonchev–Trinajstić information content (AvgIpc) is 3.14. The molecule has 252 valence electrons. The highest BCUT2D eigenvalue weighted by Gasteiger charge is 2.75. The predicted octanol–water partition coefficient (Wildman–Crippen LogP) is 4.98. The number of phosphoric ester groups is 1. The van der Waals surface area contributed by atoms with Gasteiger partial charge in [-0.2, -0.15) is 0 Å². The summed E-state index contributed by atoms with van der Waals surface area (Å²) in [6, 6.07) is 5.81. The zero-order chi connectivity index (χ0) is 34.1. The molecule has 0 bridgehead atoms. The molecule has 0 aromatic heterocycles. The van der Waals surface area contributed by atoms with Gasteiger partial charge in [0.1, 0.15) is 23.6 Å². The molecule has 0 spiro atoms. The van der Waals surface area contributed by atoms with Crippen molar-refractivity contribution in [1.29, 1.82) is 0 Å². The Morgan fingerprint density at radius 2 is 1.78 bits per heavy atom. The molecule has 1 aromatic rings. The Hall–Kier alpha value is -2.69. The Kier molecular flexibility index (Phi) is 8.64. The second-order valence-electron chi connectivity index (χ2n) is 14.8. The molecule has 0 aliphatic heterocycles. The zero-order valence-electron chi connectivity index (χ0n) is 27.1. The van der Waals surface area contributed by atoms with Crippen LogP contribution in [0.4, 0.5) is 4.39 Å². The molecule has 0 saturated heterocycles. The number of carbonyl (C=O) groups is 3. The van der Waals surface area contributed by atoms with Crippen molar-refractivity contribution in [2.45, 2.75) is 96.6 Å². The topological polar surface area (TPSA) is 157 Å². The Morgan fingerprint density at radius 1 is 1.13 bits per heavy atom. The lowest BCUT2D eigenvalue weighted by Crippen LogP contribution is -2.69. The second kappa shape index (κ2) is 11.5. The summed E-state index contributed by atoms with van der Waals surface area (Å²) < 4.78 is 45.7. The number of allylic oxidation sites excluding steroid dienone is 4. The number of ether oxygens (including phenoxy) is 1. The Labute approximate surface area is 268 Å². The van der Waals surface area contributed by atoms with Crippen LogP contribution in [-0.2, 0) is 34.6 Å². The number of fused-ring (bicyclic) bond motifs is 5. The van der Waals surface area contributed by atoms with Gasteiger partial charge in [-0.25, -0.2) is 8.96 Å². The van der Waals surface area contributed by atoms with E-state index in [9.17, 15) is 34.1 Å². The maximum absolute atomic E-state index is 17.4. The lowest BCUT2D eigenvalue weighted by atomic mass is 9.44. The molecule has 3 N–H and O–H groups in total. The number of alkyl halides is 1. The number of phosphoric acid groups is 1. The third kappa shape index (κ3) is 5.62. The molecule has 9 atom stereocenters. The van der Waals surface area contributed by atoms with E-state index in [0.29, 0.717) is 30.4 Å². The van der Waals surface area contributed by atoms with E-state index < -0.39 is 77.7 Å². The van der Waals surface area contributed by atoms with E-state index in [4.69, 9.17) is 13.8 Å². The summed E-state index contributed by atoms with van der Waals surface area (Å²) in [6.07, 6.45) is 3.59. The molecule has 4 aliphatic carbocycles. The van der Waals surface area contributed by atoms with Gasteiger partial charge in [0.25, 0.3) is 0 Å². The number of hydrogen-bond donors (Lipinski definition) is 3. The van der Waals surface area contributed by atoms with Crippen LogP contribution in [0.25, 0.3) is 0 Å². The van der Waals surface area contributed by atoms with E-state index in [2.05, 4.69) is 0 Å². The maximum atomic E-state index is 17.4. The van der Waals surface area contributed by atoms with Crippen LogP contribution in [0.1, 0.15) is 72.8 Å². The van der Waals surface area contributed by atoms with Crippen molar-refractivity contribution < 1.29 is 52.2 Å². The summed E-state index contributed by atoms with van der Waals surface area (Å²) in [6.45, 7) is 9.35. The molecule has 5 rings (SSSR count). The van der Waals surface area contributed by atoms with E-state index in [0.717, 1.165) is 0 Å². The second-order valence-corrected chi connectivity index (χ2v) is 16.2. The molecular formula is C34H44FO10P. The molecule has 1 aromatic carbocycles. The maximum Gasteiger partial charge on any atom is 0.527 e. The molecule has 1 unspecified atom stereocenters. The largest absolute Gasteiger partial charge is 0.527 e. The van der Waals surface area contributed by atoms with Gasteiger partial charge < -0.3 is 19.5 Å². The number of halogens is 1. The van der Waals surface area contributed by atoms with E-state index >= 15 is 4.39 Å². The minimum absolute atomic E-state index is 0.0115. The standard InChI is InChI=1S/C34H44FO10P/c1-20-15-26-25-12-9-22-17-23(36)13-14-31(22,5)33(25,35)27(37)18-32(26,6)34(20,40)28(38)19-43-46(41,42)45-24-10-7-21(8-11-24)16-29(39)44-30(2,3)4/h7-8,10-11,13-14,17,20,25-27,37,40H,9,12,15-16,18-19H2,1-6H3,(H,41,42)/t20-,25+,26+,27+,31+,32+,33+,34+/m1/s1. The quantitative estimate of drug-likeness (QED) is 0.256. The number of carbonyl (C=O) groups excluding carboxylic acids is 3. The van der Waals surface area contributed by atoms with Gasteiger partial charge in [-0.15, -0.1) is 0 Å². The first-order valence-electron chi connectivity index (χ1n) is 15.7. The lowest BCUT2D eigenvalue weighted by molar-refractivity contribution is -0.219. The van der Waals surface area contributed by atoms with Crippen LogP contribution in [0.5, 0.6) is 5.75 Å². The number of hydrogen-bond acceptors (Lipinski definition) is 9. The van der Waals surface area contributed by atoms with Gasteiger partial charge in [0.15, 0.2) is 17.2 Å². The van der Waals surface area contributed by atoms with E-state index in [1.807, 2.05) is 0 Å². The van der Waals surface area contributed by atoms with Gasteiger partial charge >= 0.3 is 13.8 Å².